The van der Waals surface area contributed by atoms with Crippen LogP contribution < -0.4 is 10.6 Å². The molecule has 0 radical (unpaired) electrons. The summed E-state index contributed by atoms with van der Waals surface area (Å²) in [4.78, 5) is 23.4. The Hall–Kier alpha value is -1.59. The Labute approximate surface area is 122 Å². The molecule has 0 bridgehead atoms. The van der Waals surface area contributed by atoms with Crippen LogP contribution >= 0.6 is 11.6 Å². The van der Waals surface area contributed by atoms with E-state index in [-0.39, 0.29) is 12.5 Å². The Balaban J connectivity index is 1.86. The van der Waals surface area contributed by atoms with Crippen molar-refractivity contribution in [3.8, 4) is 0 Å². The summed E-state index contributed by atoms with van der Waals surface area (Å²) >= 11 is 5.89. The van der Waals surface area contributed by atoms with E-state index < -0.39 is 17.4 Å². The Morgan fingerprint density at radius 1 is 1.35 bits per heavy atom. The van der Waals surface area contributed by atoms with Gasteiger partial charge in [-0.2, -0.15) is 0 Å². The zero-order valence-corrected chi connectivity index (χ0v) is 11.9. The lowest BCUT2D eigenvalue weighted by molar-refractivity contribution is -0.136. The number of amides is 2. The highest BCUT2D eigenvalue weighted by Gasteiger charge is 2.40. The van der Waals surface area contributed by atoms with E-state index in [4.69, 9.17) is 11.6 Å². The predicted molar refractivity (Wildman–Crippen MR) is 76.4 cm³/mol. The lowest BCUT2D eigenvalue weighted by Crippen LogP contribution is -2.45. The van der Waals surface area contributed by atoms with E-state index in [9.17, 15) is 14.7 Å². The van der Waals surface area contributed by atoms with Crippen molar-refractivity contribution >= 4 is 29.1 Å². The van der Waals surface area contributed by atoms with E-state index >= 15 is 0 Å². The van der Waals surface area contributed by atoms with Crippen molar-refractivity contribution in [2.45, 2.75) is 25.4 Å². The van der Waals surface area contributed by atoms with Crippen molar-refractivity contribution in [2.24, 2.45) is 5.92 Å². The lowest BCUT2D eigenvalue weighted by atomic mass is 10.0. The molecule has 0 spiro atoms. The Morgan fingerprint density at radius 2 is 2.00 bits per heavy atom. The molecule has 1 saturated carbocycles. The molecule has 108 valence electrons. The van der Waals surface area contributed by atoms with Crippen molar-refractivity contribution < 1.29 is 14.7 Å². The molecule has 1 fully saturated rings. The minimum absolute atomic E-state index is 0.0619. The highest BCUT2D eigenvalue weighted by atomic mass is 35.5. The highest BCUT2D eigenvalue weighted by Crippen LogP contribution is 2.38. The summed E-state index contributed by atoms with van der Waals surface area (Å²) in [7, 11) is 0. The maximum absolute atomic E-state index is 11.7. The third-order valence-corrected chi connectivity index (χ3v) is 3.72. The summed E-state index contributed by atoms with van der Waals surface area (Å²) < 4.78 is 0. The molecule has 0 aromatic heterocycles. The molecule has 1 aromatic rings. The van der Waals surface area contributed by atoms with E-state index in [1.807, 2.05) is 0 Å². The first-order valence-electron chi connectivity index (χ1n) is 6.46. The average molecular weight is 297 g/mol. The largest absolute Gasteiger partial charge is 0.388 e. The van der Waals surface area contributed by atoms with Crippen molar-refractivity contribution in [1.82, 2.24) is 5.32 Å². The van der Waals surface area contributed by atoms with Crippen LogP contribution in [0.15, 0.2) is 24.3 Å². The van der Waals surface area contributed by atoms with E-state index in [2.05, 4.69) is 10.6 Å². The summed E-state index contributed by atoms with van der Waals surface area (Å²) in [5, 5.41) is 15.3. The van der Waals surface area contributed by atoms with Gasteiger partial charge in [0.15, 0.2) is 0 Å². The summed E-state index contributed by atoms with van der Waals surface area (Å²) in [6.07, 6.45) is 1.91. The SMILES string of the molecule is CC(O)(CNC(=O)C(=O)Nc1ccccc1Cl)C1CC1. The van der Waals surface area contributed by atoms with Gasteiger partial charge in [-0.1, -0.05) is 23.7 Å². The first kappa shape index (κ1) is 14.8. The molecule has 3 N–H and O–H groups in total. The molecule has 1 atom stereocenters. The molecule has 0 heterocycles. The fourth-order valence-corrected chi connectivity index (χ4v) is 2.11. The fourth-order valence-electron chi connectivity index (χ4n) is 1.93. The van der Waals surface area contributed by atoms with Gasteiger partial charge in [0.2, 0.25) is 0 Å². The van der Waals surface area contributed by atoms with Crippen LogP contribution in [0, 0.1) is 5.92 Å². The number of aliphatic hydroxyl groups is 1. The second-order valence-electron chi connectivity index (χ2n) is 5.25. The van der Waals surface area contributed by atoms with Crippen LogP contribution in [0.5, 0.6) is 0 Å². The maximum atomic E-state index is 11.7. The van der Waals surface area contributed by atoms with E-state index in [1.165, 1.54) is 0 Å². The molecule has 20 heavy (non-hydrogen) atoms. The van der Waals surface area contributed by atoms with Crippen molar-refractivity contribution in [1.29, 1.82) is 0 Å². The average Bonchev–Trinajstić information content (AvgIpc) is 3.23. The van der Waals surface area contributed by atoms with Crippen LogP contribution in [0.1, 0.15) is 19.8 Å². The number of rotatable bonds is 4. The minimum atomic E-state index is -0.958. The van der Waals surface area contributed by atoms with E-state index in [1.54, 1.807) is 31.2 Å². The quantitative estimate of drug-likeness (QED) is 0.738. The van der Waals surface area contributed by atoms with Gasteiger partial charge >= 0.3 is 11.8 Å². The van der Waals surface area contributed by atoms with Crippen LogP contribution in [0.4, 0.5) is 5.69 Å². The second-order valence-corrected chi connectivity index (χ2v) is 5.66. The van der Waals surface area contributed by atoms with Gasteiger partial charge in [0.25, 0.3) is 0 Å². The molecule has 6 heteroatoms. The fraction of sp³-hybridized carbons (Fsp3) is 0.429. The van der Waals surface area contributed by atoms with Crippen LogP contribution in [0.2, 0.25) is 5.02 Å². The van der Waals surface area contributed by atoms with Gasteiger partial charge in [0.05, 0.1) is 16.3 Å². The van der Waals surface area contributed by atoms with E-state index in [0.29, 0.717) is 10.7 Å². The van der Waals surface area contributed by atoms with Crippen molar-refractivity contribution in [3.05, 3.63) is 29.3 Å². The van der Waals surface area contributed by atoms with Crippen molar-refractivity contribution in [3.63, 3.8) is 0 Å². The summed E-state index contributed by atoms with van der Waals surface area (Å²) in [6, 6.07) is 6.66. The number of hydrogen-bond donors (Lipinski definition) is 3. The van der Waals surface area contributed by atoms with Crippen LogP contribution in [-0.2, 0) is 9.59 Å². The van der Waals surface area contributed by atoms with Gasteiger partial charge in [-0.3, -0.25) is 9.59 Å². The third kappa shape index (κ3) is 3.71. The first-order chi connectivity index (χ1) is 9.40. The molecular formula is C14H17ClN2O3. The second kappa shape index (κ2) is 5.81. The van der Waals surface area contributed by atoms with Gasteiger partial charge < -0.3 is 15.7 Å². The molecule has 0 saturated heterocycles. The predicted octanol–water partition coefficient (Wildman–Crippen LogP) is 1.56. The molecule has 1 unspecified atom stereocenters. The monoisotopic (exact) mass is 296 g/mol. The number of carbonyl (C=O) groups is 2. The minimum Gasteiger partial charge on any atom is -0.388 e. The van der Waals surface area contributed by atoms with Gasteiger partial charge in [-0.25, -0.2) is 0 Å². The Kier molecular flexibility index (Phi) is 4.30. The number of nitrogens with one attached hydrogen (secondary N) is 2. The number of halogens is 1. The molecule has 2 amide bonds. The lowest BCUT2D eigenvalue weighted by Gasteiger charge is -2.22. The van der Waals surface area contributed by atoms with Crippen LogP contribution in [0.3, 0.4) is 0 Å². The maximum Gasteiger partial charge on any atom is 0.313 e. The van der Waals surface area contributed by atoms with Gasteiger partial charge in [-0.15, -0.1) is 0 Å². The summed E-state index contributed by atoms with van der Waals surface area (Å²) in [5.41, 5.74) is -0.580. The number of carbonyl (C=O) groups excluding carboxylic acids is 2. The first-order valence-corrected chi connectivity index (χ1v) is 6.84. The standard InChI is InChI=1S/C14H17ClN2O3/c1-14(20,9-6-7-9)8-16-12(18)13(19)17-11-5-3-2-4-10(11)15/h2-5,9,20H,6-8H2,1H3,(H,16,18)(H,17,19). The zero-order chi connectivity index (χ0) is 14.8. The molecule has 1 aromatic carbocycles. The number of hydrogen-bond acceptors (Lipinski definition) is 3. The normalized spacial score (nSPS) is 17.1. The van der Waals surface area contributed by atoms with Gasteiger partial charge in [0, 0.05) is 6.54 Å². The molecule has 5 nitrogen and oxygen atoms in total. The molecule has 0 aliphatic heterocycles. The molecule has 2 rings (SSSR count). The topological polar surface area (TPSA) is 78.4 Å². The Morgan fingerprint density at radius 3 is 2.60 bits per heavy atom. The van der Waals surface area contributed by atoms with Gasteiger partial charge in [0.1, 0.15) is 0 Å². The summed E-state index contributed by atoms with van der Waals surface area (Å²) in [6.45, 7) is 1.73. The summed E-state index contributed by atoms with van der Waals surface area (Å²) in [5.74, 6) is -1.38. The Bertz CT molecular complexity index is 527. The van der Waals surface area contributed by atoms with E-state index in [0.717, 1.165) is 12.8 Å². The van der Waals surface area contributed by atoms with Crippen LogP contribution in [-0.4, -0.2) is 29.1 Å². The zero-order valence-electron chi connectivity index (χ0n) is 11.1. The number of anilines is 1. The third-order valence-electron chi connectivity index (χ3n) is 3.39. The smallest absolute Gasteiger partial charge is 0.313 e. The molecule has 1 aliphatic rings. The van der Waals surface area contributed by atoms with Crippen LogP contribution in [0.25, 0.3) is 0 Å². The molecular weight excluding hydrogens is 280 g/mol. The number of benzene rings is 1. The van der Waals surface area contributed by atoms with Gasteiger partial charge in [-0.05, 0) is 37.8 Å². The highest BCUT2D eigenvalue weighted by molar-refractivity contribution is 6.41. The number of para-hydroxylation sites is 1. The molecule has 1 aliphatic carbocycles. The van der Waals surface area contributed by atoms with Crippen molar-refractivity contribution in [2.75, 3.05) is 11.9 Å².